The summed E-state index contributed by atoms with van der Waals surface area (Å²) in [4.78, 5) is 4.13. The van der Waals surface area contributed by atoms with Crippen molar-refractivity contribution in [2.45, 2.75) is 13.3 Å². The normalized spacial score (nSPS) is 9.64. The Kier molecular flexibility index (Phi) is 2.31. The van der Waals surface area contributed by atoms with Gasteiger partial charge in [-0.15, -0.1) is 0 Å². The molecule has 1 aromatic rings. The molecule has 0 aliphatic carbocycles. The fraction of sp³-hybridized carbons (Fsp3) is 0.375. The van der Waals surface area contributed by atoms with E-state index in [-0.39, 0.29) is 0 Å². The van der Waals surface area contributed by atoms with Gasteiger partial charge in [-0.25, -0.2) is 4.98 Å². The predicted octanol–water partition coefficient (Wildman–Crippen LogP) is 1.27. The van der Waals surface area contributed by atoms with Gasteiger partial charge >= 0.3 is 0 Å². The summed E-state index contributed by atoms with van der Waals surface area (Å²) in [6, 6.07) is 3.92. The number of aromatic nitrogens is 1. The number of hydrogen-bond donors (Lipinski definition) is 2. The average Bonchev–Trinajstić information content (AvgIpc) is 2.04. The van der Waals surface area contributed by atoms with Gasteiger partial charge in [0.2, 0.25) is 0 Å². The molecule has 0 spiro atoms. The maximum absolute atomic E-state index is 5.66. The van der Waals surface area contributed by atoms with Crippen LogP contribution in [0.3, 0.4) is 0 Å². The first-order valence-corrected chi connectivity index (χ1v) is 3.71. The summed E-state index contributed by atoms with van der Waals surface area (Å²) in [5.41, 5.74) is 6.76. The number of nitrogens with two attached hydrogens (primary N) is 1. The summed E-state index contributed by atoms with van der Waals surface area (Å²) in [5.74, 6) is 1.44. The Morgan fingerprint density at radius 3 is 2.73 bits per heavy atom. The molecule has 0 unspecified atom stereocenters. The number of hydrogen-bond acceptors (Lipinski definition) is 3. The Morgan fingerprint density at radius 1 is 1.55 bits per heavy atom. The van der Waals surface area contributed by atoms with Crippen molar-refractivity contribution in [3.63, 3.8) is 0 Å². The summed E-state index contributed by atoms with van der Waals surface area (Å²) in [6.45, 7) is 2.06. The van der Waals surface area contributed by atoms with Crippen LogP contribution in [0.2, 0.25) is 0 Å². The molecule has 1 aromatic heterocycles. The van der Waals surface area contributed by atoms with E-state index in [1.54, 1.807) is 0 Å². The molecule has 60 valence electrons. The van der Waals surface area contributed by atoms with Crippen LogP contribution < -0.4 is 11.1 Å². The molecule has 0 aliphatic rings. The third-order valence-electron chi connectivity index (χ3n) is 1.65. The molecule has 11 heavy (non-hydrogen) atoms. The van der Waals surface area contributed by atoms with Crippen LogP contribution in [0.1, 0.15) is 12.5 Å². The standard InChI is InChI=1S/C8H13N3/c1-3-6-4-5-7(10-2)11-8(6)9/h4-5H,3H2,1-2H3,(H3,9,10,11). The maximum atomic E-state index is 5.66. The lowest BCUT2D eigenvalue weighted by Crippen LogP contribution is -2.00. The van der Waals surface area contributed by atoms with Crippen LogP contribution in [0.5, 0.6) is 0 Å². The molecular weight excluding hydrogens is 138 g/mol. The van der Waals surface area contributed by atoms with Crippen molar-refractivity contribution in [2.75, 3.05) is 18.1 Å². The van der Waals surface area contributed by atoms with Gasteiger partial charge in [0.15, 0.2) is 0 Å². The highest BCUT2D eigenvalue weighted by Gasteiger charge is 1.97. The van der Waals surface area contributed by atoms with Gasteiger partial charge in [-0.1, -0.05) is 13.0 Å². The molecule has 0 saturated carbocycles. The number of aryl methyl sites for hydroxylation is 1. The van der Waals surface area contributed by atoms with E-state index in [0.717, 1.165) is 17.8 Å². The van der Waals surface area contributed by atoms with E-state index in [0.29, 0.717) is 5.82 Å². The molecular formula is C8H13N3. The highest BCUT2D eigenvalue weighted by Crippen LogP contribution is 2.12. The minimum Gasteiger partial charge on any atom is -0.383 e. The minimum atomic E-state index is 0.624. The second-order valence-corrected chi connectivity index (χ2v) is 2.34. The van der Waals surface area contributed by atoms with Crippen LogP contribution in [-0.4, -0.2) is 12.0 Å². The quantitative estimate of drug-likeness (QED) is 0.669. The van der Waals surface area contributed by atoms with Gasteiger partial charge < -0.3 is 11.1 Å². The van der Waals surface area contributed by atoms with Crippen molar-refractivity contribution < 1.29 is 0 Å². The van der Waals surface area contributed by atoms with Crippen molar-refractivity contribution in [3.05, 3.63) is 17.7 Å². The molecule has 0 aliphatic heterocycles. The zero-order valence-electron chi connectivity index (χ0n) is 6.89. The van der Waals surface area contributed by atoms with E-state index in [2.05, 4.69) is 17.2 Å². The number of nitrogens with one attached hydrogen (secondary N) is 1. The number of nitrogen functional groups attached to an aromatic ring is 1. The summed E-state index contributed by atoms with van der Waals surface area (Å²) in [5, 5.41) is 2.93. The van der Waals surface area contributed by atoms with Crippen LogP contribution in [0, 0.1) is 0 Å². The average molecular weight is 151 g/mol. The van der Waals surface area contributed by atoms with Gasteiger partial charge in [-0.05, 0) is 18.1 Å². The molecule has 0 fully saturated rings. The molecule has 3 heteroatoms. The van der Waals surface area contributed by atoms with Crippen molar-refractivity contribution in [2.24, 2.45) is 0 Å². The summed E-state index contributed by atoms with van der Waals surface area (Å²) < 4.78 is 0. The Hall–Kier alpha value is -1.25. The zero-order valence-corrected chi connectivity index (χ0v) is 6.89. The highest BCUT2D eigenvalue weighted by molar-refractivity contribution is 5.47. The lowest BCUT2D eigenvalue weighted by molar-refractivity contribution is 1.11. The van der Waals surface area contributed by atoms with Gasteiger partial charge in [0.1, 0.15) is 11.6 Å². The lowest BCUT2D eigenvalue weighted by atomic mass is 10.2. The number of rotatable bonds is 2. The first-order chi connectivity index (χ1) is 5.27. The Labute approximate surface area is 66.6 Å². The lowest BCUT2D eigenvalue weighted by Gasteiger charge is -2.03. The van der Waals surface area contributed by atoms with Crippen LogP contribution in [0.15, 0.2) is 12.1 Å². The maximum Gasteiger partial charge on any atom is 0.128 e. The molecule has 0 bridgehead atoms. The number of nitrogens with zero attached hydrogens (tertiary/aromatic N) is 1. The summed E-state index contributed by atoms with van der Waals surface area (Å²) in [7, 11) is 1.83. The Balaban J connectivity index is 2.99. The van der Waals surface area contributed by atoms with Crippen molar-refractivity contribution in [1.29, 1.82) is 0 Å². The molecule has 3 nitrogen and oxygen atoms in total. The van der Waals surface area contributed by atoms with Crippen molar-refractivity contribution in [3.8, 4) is 0 Å². The van der Waals surface area contributed by atoms with Crippen molar-refractivity contribution in [1.82, 2.24) is 4.98 Å². The van der Waals surface area contributed by atoms with Crippen LogP contribution in [-0.2, 0) is 6.42 Å². The molecule has 0 amide bonds. The highest BCUT2D eigenvalue weighted by atomic mass is 15.0. The second-order valence-electron chi connectivity index (χ2n) is 2.34. The molecule has 3 N–H and O–H groups in total. The van der Waals surface area contributed by atoms with Gasteiger partial charge in [-0.2, -0.15) is 0 Å². The zero-order chi connectivity index (χ0) is 8.27. The second kappa shape index (κ2) is 3.23. The van der Waals surface area contributed by atoms with E-state index < -0.39 is 0 Å². The summed E-state index contributed by atoms with van der Waals surface area (Å²) >= 11 is 0. The van der Waals surface area contributed by atoms with Gasteiger partial charge in [0.25, 0.3) is 0 Å². The topological polar surface area (TPSA) is 50.9 Å². The van der Waals surface area contributed by atoms with E-state index >= 15 is 0 Å². The largest absolute Gasteiger partial charge is 0.383 e. The molecule has 0 radical (unpaired) electrons. The number of anilines is 2. The molecule has 0 atom stereocenters. The smallest absolute Gasteiger partial charge is 0.128 e. The van der Waals surface area contributed by atoms with Crippen LogP contribution in [0.25, 0.3) is 0 Å². The molecule has 1 rings (SSSR count). The van der Waals surface area contributed by atoms with E-state index in [1.165, 1.54) is 0 Å². The van der Waals surface area contributed by atoms with Gasteiger partial charge in [0, 0.05) is 7.05 Å². The first-order valence-electron chi connectivity index (χ1n) is 3.71. The third kappa shape index (κ3) is 1.61. The third-order valence-corrected chi connectivity index (χ3v) is 1.65. The number of pyridine rings is 1. The predicted molar refractivity (Wildman–Crippen MR) is 47.6 cm³/mol. The fourth-order valence-electron chi connectivity index (χ4n) is 0.942. The van der Waals surface area contributed by atoms with E-state index in [9.17, 15) is 0 Å². The minimum absolute atomic E-state index is 0.624. The monoisotopic (exact) mass is 151 g/mol. The van der Waals surface area contributed by atoms with Crippen LogP contribution in [0.4, 0.5) is 11.6 Å². The van der Waals surface area contributed by atoms with Crippen molar-refractivity contribution >= 4 is 11.6 Å². The first kappa shape index (κ1) is 7.85. The van der Waals surface area contributed by atoms with Gasteiger partial charge in [0.05, 0.1) is 0 Å². The Bertz CT molecular complexity index is 245. The van der Waals surface area contributed by atoms with Crippen LogP contribution >= 0.6 is 0 Å². The van der Waals surface area contributed by atoms with Gasteiger partial charge in [-0.3, -0.25) is 0 Å². The van der Waals surface area contributed by atoms with E-state index in [4.69, 9.17) is 5.73 Å². The Morgan fingerprint density at radius 2 is 2.27 bits per heavy atom. The summed E-state index contributed by atoms with van der Waals surface area (Å²) in [6.07, 6.45) is 0.933. The van der Waals surface area contributed by atoms with E-state index in [1.807, 2.05) is 19.2 Å². The molecule has 0 aromatic carbocycles. The SMILES string of the molecule is CCc1ccc(NC)nc1N. The fourth-order valence-corrected chi connectivity index (χ4v) is 0.942. The molecule has 1 heterocycles. The molecule has 0 saturated heterocycles.